The Kier molecular flexibility index (Phi) is 4.10. The number of rotatable bonds is 3. The third-order valence-corrected chi connectivity index (χ3v) is 3.71. The Balaban J connectivity index is 2.06. The lowest BCUT2D eigenvalue weighted by Crippen LogP contribution is -2.19. The van der Waals surface area contributed by atoms with E-state index in [1.54, 1.807) is 0 Å². The maximum absolute atomic E-state index is 13.7. The minimum atomic E-state index is -0.760. The summed E-state index contributed by atoms with van der Waals surface area (Å²) in [6.45, 7) is -0.177. The number of nitro groups is 1. The van der Waals surface area contributed by atoms with Gasteiger partial charge in [0.05, 0.1) is 17.6 Å². The molecule has 0 aliphatic carbocycles. The lowest BCUT2D eigenvalue weighted by atomic mass is 9.98. The molecule has 0 bridgehead atoms. The zero-order valence-corrected chi connectivity index (χ0v) is 13.0. The third-order valence-electron chi connectivity index (χ3n) is 3.71. The fourth-order valence-corrected chi connectivity index (χ4v) is 2.52. The van der Waals surface area contributed by atoms with E-state index in [0.29, 0.717) is 0 Å². The maximum atomic E-state index is 13.7. The van der Waals surface area contributed by atoms with Gasteiger partial charge in [-0.3, -0.25) is 14.9 Å². The lowest BCUT2D eigenvalue weighted by Gasteiger charge is -2.19. The number of halogens is 1. The number of nitrogens with zero attached hydrogens (tertiary/aromatic N) is 1. The van der Waals surface area contributed by atoms with Crippen LogP contribution in [-0.4, -0.2) is 29.5 Å². The van der Waals surface area contributed by atoms with Crippen molar-refractivity contribution in [2.24, 2.45) is 0 Å². The van der Waals surface area contributed by atoms with Gasteiger partial charge in [0.2, 0.25) is 5.75 Å². The van der Waals surface area contributed by atoms with Crippen LogP contribution in [0.5, 0.6) is 17.2 Å². The van der Waals surface area contributed by atoms with Crippen LogP contribution in [-0.2, 0) is 0 Å². The van der Waals surface area contributed by atoms with Gasteiger partial charge >= 0.3 is 5.69 Å². The van der Waals surface area contributed by atoms with Crippen molar-refractivity contribution in [3.05, 3.63) is 63.0 Å². The number of methoxy groups -OCH3 is 1. The lowest BCUT2D eigenvalue weighted by molar-refractivity contribution is -0.386. The van der Waals surface area contributed by atoms with Crippen LogP contribution in [0.4, 0.5) is 10.1 Å². The van der Waals surface area contributed by atoms with Crippen molar-refractivity contribution in [1.82, 2.24) is 0 Å². The summed E-state index contributed by atoms with van der Waals surface area (Å²) >= 11 is 0. The number of hydrogen-bond acceptors (Lipinski definition) is 6. The molecule has 1 N–H and O–H groups in total. The molecule has 25 heavy (non-hydrogen) atoms. The van der Waals surface area contributed by atoms with Crippen molar-refractivity contribution < 1.29 is 28.7 Å². The molecule has 0 radical (unpaired) electrons. The van der Waals surface area contributed by atoms with Gasteiger partial charge in [-0.1, -0.05) is 6.07 Å². The molecule has 8 heteroatoms. The standard InChI is InChI=1S/C17H12FNO6/c1-24-14-7-9(6-13(16(14)21)19(22)23)5-10-8-25-17-11(15(10)20)3-2-4-12(17)18/h2-7,21H,8H2,1H3/b10-5-. The largest absolute Gasteiger partial charge is 0.500 e. The summed E-state index contributed by atoms with van der Waals surface area (Å²) in [5.74, 6) is -1.88. The number of ether oxygens (including phenoxy) is 2. The maximum Gasteiger partial charge on any atom is 0.315 e. The van der Waals surface area contributed by atoms with Crippen LogP contribution < -0.4 is 9.47 Å². The molecule has 3 rings (SSSR count). The van der Waals surface area contributed by atoms with E-state index in [1.807, 2.05) is 0 Å². The number of carbonyl (C=O) groups excluding carboxylic acids is 1. The van der Waals surface area contributed by atoms with Crippen LogP contribution in [0.25, 0.3) is 6.08 Å². The zero-order chi connectivity index (χ0) is 18.1. The fraction of sp³-hybridized carbons (Fsp3) is 0.118. The number of phenolic OH excluding ortho intramolecular Hbond substituents is 1. The van der Waals surface area contributed by atoms with Gasteiger partial charge in [-0.05, 0) is 29.8 Å². The molecule has 0 amide bonds. The Morgan fingerprint density at radius 1 is 1.40 bits per heavy atom. The second-order valence-electron chi connectivity index (χ2n) is 5.25. The number of para-hydroxylation sites is 1. The zero-order valence-electron chi connectivity index (χ0n) is 13.0. The summed E-state index contributed by atoms with van der Waals surface area (Å²) in [7, 11) is 1.25. The van der Waals surface area contributed by atoms with Crippen molar-refractivity contribution >= 4 is 17.5 Å². The van der Waals surface area contributed by atoms with E-state index >= 15 is 0 Å². The minimum absolute atomic E-state index is 0.0812. The van der Waals surface area contributed by atoms with E-state index in [1.165, 1.54) is 37.5 Å². The molecule has 1 aliphatic rings. The van der Waals surface area contributed by atoms with E-state index in [4.69, 9.17) is 9.47 Å². The Bertz CT molecular complexity index is 922. The predicted molar refractivity (Wildman–Crippen MR) is 85.5 cm³/mol. The van der Waals surface area contributed by atoms with Gasteiger partial charge in [-0.15, -0.1) is 0 Å². The normalized spacial score (nSPS) is 14.8. The summed E-state index contributed by atoms with van der Waals surface area (Å²) in [4.78, 5) is 22.8. The molecule has 0 saturated carbocycles. The number of nitro benzene ring substituents is 1. The van der Waals surface area contributed by atoms with Crippen LogP contribution >= 0.6 is 0 Å². The van der Waals surface area contributed by atoms with E-state index < -0.39 is 28.0 Å². The van der Waals surface area contributed by atoms with Gasteiger partial charge in [0.15, 0.2) is 23.1 Å². The molecule has 0 spiro atoms. The molecule has 0 saturated heterocycles. The molecule has 1 heterocycles. The van der Waals surface area contributed by atoms with Crippen LogP contribution in [0, 0.1) is 15.9 Å². The van der Waals surface area contributed by atoms with Gasteiger partial charge in [0.1, 0.15) is 6.61 Å². The van der Waals surface area contributed by atoms with Crippen LogP contribution in [0.2, 0.25) is 0 Å². The smallest absolute Gasteiger partial charge is 0.315 e. The van der Waals surface area contributed by atoms with Crippen molar-refractivity contribution in [3.8, 4) is 17.2 Å². The van der Waals surface area contributed by atoms with Crippen LogP contribution in [0.3, 0.4) is 0 Å². The van der Waals surface area contributed by atoms with E-state index in [0.717, 1.165) is 6.07 Å². The third kappa shape index (κ3) is 2.89. The molecule has 128 valence electrons. The SMILES string of the molecule is COc1cc(/C=C2/COc3c(F)cccc3C2=O)cc([N+](=O)[O-])c1O. The first-order valence-corrected chi connectivity index (χ1v) is 7.14. The average Bonchev–Trinajstić information content (AvgIpc) is 2.59. The minimum Gasteiger partial charge on any atom is -0.500 e. The number of fused-ring (bicyclic) bond motifs is 1. The van der Waals surface area contributed by atoms with E-state index in [-0.39, 0.29) is 34.8 Å². The summed E-state index contributed by atoms with van der Waals surface area (Å²) in [5.41, 5.74) is -0.00661. The van der Waals surface area contributed by atoms with E-state index in [9.17, 15) is 24.4 Å². The molecule has 0 fully saturated rings. The molecule has 0 atom stereocenters. The number of Topliss-reactive ketones (excluding diaryl/α,β-unsaturated/α-hetero) is 1. The topological polar surface area (TPSA) is 98.9 Å². The van der Waals surface area contributed by atoms with Gasteiger partial charge in [0, 0.05) is 11.6 Å². The Labute approximate surface area is 141 Å². The molecule has 7 nitrogen and oxygen atoms in total. The summed E-state index contributed by atoms with van der Waals surface area (Å²) in [6.07, 6.45) is 1.38. The Morgan fingerprint density at radius 3 is 2.84 bits per heavy atom. The molecule has 2 aromatic carbocycles. The molecule has 0 aromatic heterocycles. The number of benzene rings is 2. The first-order chi connectivity index (χ1) is 11.9. The van der Waals surface area contributed by atoms with Crippen molar-refractivity contribution in [2.45, 2.75) is 0 Å². The number of aromatic hydroxyl groups is 1. The molecular weight excluding hydrogens is 333 g/mol. The summed E-state index contributed by atoms with van der Waals surface area (Å²) in [6, 6.07) is 6.48. The van der Waals surface area contributed by atoms with Crippen molar-refractivity contribution in [3.63, 3.8) is 0 Å². The molecule has 1 aliphatic heterocycles. The first kappa shape index (κ1) is 16.4. The van der Waals surface area contributed by atoms with E-state index in [2.05, 4.69) is 0 Å². The Hall–Kier alpha value is -3.42. The van der Waals surface area contributed by atoms with Gasteiger partial charge in [0.25, 0.3) is 0 Å². The Morgan fingerprint density at radius 2 is 2.16 bits per heavy atom. The van der Waals surface area contributed by atoms with Crippen molar-refractivity contribution in [2.75, 3.05) is 13.7 Å². The molecular formula is C17H12FNO6. The second kappa shape index (κ2) is 6.23. The molecule has 2 aromatic rings. The summed E-state index contributed by atoms with van der Waals surface area (Å²) < 4.78 is 23.9. The highest BCUT2D eigenvalue weighted by Gasteiger charge is 2.26. The van der Waals surface area contributed by atoms with Gasteiger partial charge < -0.3 is 14.6 Å². The predicted octanol–water partition coefficient (Wildman–Crippen LogP) is 3.11. The first-order valence-electron chi connectivity index (χ1n) is 7.14. The monoisotopic (exact) mass is 345 g/mol. The highest BCUT2D eigenvalue weighted by Crippen LogP contribution is 2.38. The quantitative estimate of drug-likeness (QED) is 0.521. The second-order valence-corrected chi connectivity index (χ2v) is 5.25. The number of hydrogen-bond donors (Lipinski definition) is 1. The highest BCUT2D eigenvalue weighted by atomic mass is 19.1. The number of phenols is 1. The van der Waals surface area contributed by atoms with Crippen molar-refractivity contribution in [1.29, 1.82) is 0 Å². The fourth-order valence-electron chi connectivity index (χ4n) is 2.52. The molecule has 0 unspecified atom stereocenters. The van der Waals surface area contributed by atoms with Gasteiger partial charge in [-0.25, -0.2) is 4.39 Å². The number of ketones is 1. The average molecular weight is 345 g/mol. The highest BCUT2D eigenvalue weighted by molar-refractivity contribution is 6.14. The summed E-state index contributed by atoms with van der Waals surface area (Å²) in [5, 5.41) is 20.8. The van der Waals surface area contributed by atoms with Crippen LogP contribution in [0.15, 0.2) is 35.9 Å². The van der Waals surface area contributed by atoms with Gasteiger partial charge in [-0.2, -0.15) is 0 Å². The van der Waals surface area contributed by atoms with Crippen LogP contribution in [0.1, 0.15) is 15.9 Å². The number of carbonyl (C=O) groups is 1.